The summed E-state index contributed by atoms with van der Waals surface area (Å²) >= 11 is 0. The Labute approximate surface area is 119 Å². The molecular formula is C15H22N2O3. The smallest absolute Gasteiger partial charge is 0.272 e. The minimum atomic E-state index is -0.322. The Bertz CT molecular complexity index is 470. The van der Waals surface area contributed by atoms with Crippen molar-refractivity contribution >= 4 is 5.69 Å². The average Bonchev–Trinajstić information content (AvgIpc) is 2.46. The molecule has 1 heterocycles. The topological polar surface area (TPSA) is 64.4 Å². The second kappa shape index (κ2) is 6.81. The van der Waals surface area contributed by atoms with E-state index < -0.39 is 0 Å². The van der Waals surface area contributed by atoms with Gasteiger partial charge in [0.05, 0.1) is 11.5 Å². The fourth-order valence-corrected chi connectivity index (χ4v) is 2.66. The van der Waals surface area contributed by atoms with Gasteiger partial charge in [0.1, 0.15) is 0 Å². The molecule has 1 fully saturated rings. The number of nitro groups is 1. The van der Waals surface area contributed by atoms with Crippen LogP contribution in [0.2, 0.25) is 0 Å². The van der Waals surface area contributed by atoms with Crippen molar-refractivity contribution in [2.75, 3.05) is 13.2 Å². The highest BCUT2D eigenvalue weighted by Gasteiger charge is 2.21. The summed E-state index contributed by atoms with van der Waals surface area (Å²) in [4.78, 5) is 10.6. The molecule has 5 heteroatoms. The van der Waals surface area contributed by atoms with Crippen molar-refractivity contribution in [3.8, 4) is 0 Å². The quantitative estimate of drug-likeness (QED) is 0.664. The molecule has 1 saturated heterocycles. The molecule has 110 valence electrons. The van der Waals surface area contributed by atoms with Gasteiger partial charge in [0, 0.05) is 30.8 Å². The Morgan fingerprint density at radius 3 is 3.00 bits per heavy atom. The van der Waals surface area contributed by atoms with Crippen molar-refractivity contribution in [2.45, 2.75) is 39.3 Å². The molecule has 1 N–H and O–H groups in total. The van der Waals surface area contributed by atoms with Crippen molar-refractivity contribution in [2.24, 2.45) is 5.92 Å². The van der Waals surface area contributed by atoms with Crippen molar-refractivity contribution < 1.29 is 9.66 Å². The molecule has 0 saturated carbocycles. The van der Waals surface area contributed by atoms with Gasteiger partial charge in [-0.1, -0.05) is 12.1 Å². The SMILES string of the molecule is Cc1c(CN[C@H](C)[C@@H]2CCCOC2)cccc1[N+](=O)[O-]. The summed E-state index contributed by atoms with van der Waals surface area (Å²) in [6.07, 6.45) is 2.30. The Hall–Kier alpha value is -1.46. The van der Waals surface area contributed by atoms with Gasteiger partial charge >= 0.3 is 0 Å². The number of ether oxygens (including phenoxy) is 1. The van der Waals surface area contributed by atoms with Gasteiger partial charge in [-0.2, -0.15) is 0 Å². The number of nitro benzene ring substituents is 1. The molecule has 0 radical (unpaired) electrons. The maximum Gasteiger partial charge on any atom is 0.272 e. The summed E-state index contributed by atoms with van der Waals surface area (Å²) in [5.74, 6) is 0.530. The normalized spacial score (nSPS) is 20.6. The number of rotatable bonds is 5. The molecule has 20 heavy (non-hydrogen) atoms. The van der Waals surface area contributed by atoms with E-state index in [4.69, 9.17) is 4.74 Å². The summed E-state index contributed by atoms with van der Waals surface area (Å²) in [5, 5.41) is 14.4. The maximum absolute atomic E-state index is 10.9. The number of nitrogens with zero attached hydrogens (tertiary/aromatic N) is 1. The standard InChI is InChI=1S/C15H22N2O3/c1-11-13(5-3-7-15(11)17(18)19)9-16-12(2)14-6-4-8-20-10-14/h3,5,7,12,14,16H,4,6,8-10H2,1-2H3/t12-,14-/m1/s1. The fraction of sp³-hybridized carbons (Fsp3) is 0.600. The molecule has 0 aliphatic carbocycles. The van der Waals surface area contributed by atoms with Gasteiger partial charge in [-0.05, 0) is 38.2 Å². The van der Waals surface area contributed by atoms with Crippen LogP contribution in [0.3, 0.4) is 0 Å². The molecular weight excluding hydrogens is 256 g/mol. The molecule has 2 rings (SSSR count). The summed E-state index contributed by atoms with van der Waals surface area (Å²) in [5.41, 5.74) is 1.93. The van der Waals surface area contributed by atoms with Gasteiger partial charge in [-0.15, -0.1) is 0 Å². The molecule has 0 amide bonds. The first kappa shape index (κ1) is 14.9. The van der Waals surface area contributed by atoms with Crippen LogP contribution in [0, 0.1) is 23.0 Å². The Morgan fingerprint density at radius 2 is 2.35 bits per heavy atom. The number of hydrogen-bond donors (Lipinski definition) is 1. The summed E-state index contributed by atoms with van der Waals surface area (Å²) in [7, 11) is 0. The van der Waals surface area contributed by atoms with Crippen LogP contribution >= 0.6 is 0 Å². The largest absolute Gasteiger partial charge is 0.381 e. The van der Waals surface area contributed by atoms with Crippen LogP contribution in [0.5, 0.6) is 0 Å². The van der Waals surface area contributed by atoms with E-state index in [0.717, 1.165) is 30.8 Å². The van der Waals surface area contributed by atoms with Gasteiger partial charge in [0.15, 0.2) is 0 Å². The van der Waals surface area contributed by atoms with Crippen molar-refractivity contribution in [1.29, 1.82) is 0 Å². The van der Waals surface area contributed by atoms with E-state index in [1.807, 2.05) is 13.0 Å². The Balaban J connectivity index is 1.96. The van der Waals surface area contributed by atoms with Crippen molar-refractivity contribution in [1.82, 2.24) is 5.32 Å². The third-order valence-electron chi connectivity index (χ3n) is 4.13. The third kappa shape index (κ3) is 3.55. The lowest BCUT2D eigenvalue weighted by Crippen LogP contribution is -2.37. The third-order valence-corrected chi connectivity index (χ3v) is 4.13. The first-order chi connectivity index (χ1) is 9.59. The first-order valence-corrected chi connectivity index (χ1v) is 7.13. The van der Waals surface area contributed by atoms with Gasteiger partial charge in [0.2, 0.25) is 0 Å². The van der Waals surface area contributed by atoms with E-state index >= 15 is 0 Å². The lowest BCUT2D eigenvalue weighted by molar-refractivity contribution is -0.385. The molecule has 0 spiro atoms. The maximum atomic E-state index is 10.9. The van der Waals surface area contributed by atoms with E-state index in [-0.39, 0.29) is 10.6 Å². The number of nitrogens with one attached hydrogen (secondary N) is 1. The monoisotopic (exact) mass is 278 g/mol. The zero-order valence-electron chi connectivity index (χ0n) is 12.1. The van der Waals surface area contributed by atoms with Gasteiger partial charge in [0.25, 0.3) is 5.69 Å². The first-order valence-electron chi connectivity index (χ1n) is 7.13. The van der Waals surface area contributed by atoms with Crippen molar-refractivity contribution in [3.63, 3.8) is 0 Å². The van der Waals surface area contributed by atoms with Gasteiger partial charge in [-0.3, -0.25) is 10.1 Å². The minimum absolute atomic E-state index is 0.193. The minimum Gasteiger partial charge on any atom is -0.381 e. The summed E-state index contributed by atoms with van der Waals surface area (Å²) < 4.78 is 5.50. The van der Waals surface area contributed by atoms with Crippen LogP contribution in [0.15, 0.2) is 18.2 Å². The van der Waals surface area contributed by atoms with Crippen LogP contribution in [-0.4, -0.2) is 24.2 Å². The lowest BCUT2D eigenvalue weighted by Gasteiger charge is -2.28. The fourth-order valence-electron chi connectivity index (χ4n) is 2.66. The van der Waals surface area contributed by atoms with Crippen LogP contribution in [0.4, 0.5) is 5.69 Å². The molecule has 2 atom stereocenters. The molecule has 1 aromatic carbocycles. The van der Waals surface area contributed by atoms with Gasteiger partial charge < -0.3 is 10.1 Å². The number of benzene rings is 1. The summed E-state index contributed by atoms with van der Waals surface area (Å²) in [6, 6.07) is 5.60. The molecule has 0 bridgehead atoms. The van der Waals surface area contributed by atoms with E-state index in [9.17, 15) is 10.1 Å². The molecule has 1 aliphatic rings. The Kier molecular flexibility index (Phi) is 5.09. The van der Waals surface area contributed by atoms with E-state index in [1.54, 1.807) is 12.1 Å². The second-order valence-corrected chi connectivity index (χ2v) is 5.47. The molecule has 0 aromatic heterocycles. The molecule has 1 aliphatic heterocycles. The number of hydrogen-bond acceptors (Lipinski definition) is 4. The zero-order valence-corrected chi connectivity index (χ0v) is 12.1. The lowest BCUT2D eigenvalue weighted by atomic mass is 9.94. The highest BCUT2D eigenvalue weighted by Crippen LogP contribution is 2.22. The highest BCUT2D eigenvalue weighted by molar-refractivity contribution is 5.44. The van der Waals surface area contributed by atoms with Crippen molar-refractivity contribution in [3.05, 3.63) is 39.4 Å². The van der Waals surface area contributed by atoms with E-state index in [2.05, 4.69) is 12.2 Å². The second-order valence-electron chi connectivity index (χ2n) is 5.47. The van der Waals surface area contributed by atoms with Gasteiger partial charge in [-0.25, -0.2) is 0 Å². The van der Waals surface area contributed by atoms with E-state index in [1.165, 1.54) is 6.42 Å². The van der Waals surface area contributed by atoms with Crippen LogP contribution in [0.1, 0.15) is 30.9 Å². The zero-order chi connectivity index (χ0) is 14.5. The Morgan fingerprint density at radius 1 is 1.55 bits per heavy atom. The highest BCUT2D eigenvalue weighted by atomic mass is 16.6. The average molecular weight is 278 g/mol. The molecule has 1 aromatic rings. The van der Waals surface area contributed by atoms with E-state index in [0.29, 0.717) is 18.5 Å². The molecule has 5 nitrogen and oxygen atoms in total. The van der Waals surface area contributed by atoms with Crippen LogP contribution in [-0.2, 0) is 11.3 Å². The summed E-state index contributed by atoms with van der Waals surface area (Å²) in [6.45, 7) is 6.30. The predicted molar refractivity (Wildman–Crippen MR) is 77.7 cm³/mol. The molecule has 0 unspecified atom stereocenters. The van der Waals surface area contributed by atoms with Crippen LogP contribution in [0.25, 0.3) is 0 Å². The predicted octanol–water partition coefficient (Wildman–Crippen LogP) is 2.81. The van der Waals surface area contributed by atoms with Crippen LogP contribution < -0.4 is 5.32 Å².